The predicted octanol–water partition coefficient (Wildman–Crippen LogP) is 2.62. The number of rotatable bonds is 3. The predicted molar refractivity (Wildman–Crippen MR) is 70.0 cm³/mol. The SMILES string of the molecule is CC(C)C1CC=C(C(=O)O)C2CCC(CO)=CC21. The van der Waals surface area contributed by atoms with E-state index in [1.54, 1.807) is 0 Å². The summed E-state index contributed by atoms with van der Waals surface area (Å²) in [6, 6.07) is 0. The topological polar surface area (TPSA) is 57.5 Å². The van der Waals surface area contributed by atoms with Gasteiger partial charge in [-0.2, -0.15) is 0 Å². The molecule has 3 heteroatoms. The highest BCUT2D eigenvalue weighted by molar-refractivity contribution is 5.87. The molecule has 0 saturated carbocycles. The van der Waals surface area contributed by atoms with Crippen LogP contribution in [0.1, 0.15) is 33.1 Å². The van der Waals surface area contributed by atoms with Crippen LogP contribution in [-0.2, 0) is 4.79 Å². The summed E-state index contributed by atoms with van der Waals surface area (Å²) in [6.45, 7) is 4.50. The Balaban J connectivity index is 2.33. The zero-order chi connectivity index (χ0) is 13.3. The van der Waals surface area contributed by atoms with Gasteiger partial charge in [-0.25, -0.2) is 4.79 Å². The number of carboxylic acids is 1. The molecule has 0 spiro atoms. The lowest BCUT2D eigenvalue weighted by Gasteiger charge is -2.40. The maximum atomic E-state index is 11.3. The standard InChI is InChI=1S/C15H22O3/c1-9(2)11-5-6-13(15(17)18)12-4-3-10(8-16)7-14(11)12/h6-7,9,11-12,14,16H,3-5,8H2,1-2H3,(H,17,18). The van der Waals surface area contributed by atoms with Gasteiger partial charge in [0.25, 0.3) is 0 Å². The van der Waals surface area contributed by atoms with E-state index in [4.69, 9.17) is 0 Å². The minimum absolute atomic E-state index is 0.111. The molecule has 0 amide bonds. The van der Waals surface area contributed by atoms with Crippen molar-refractivity contribution in [2.24, 2.45) is 23.7 Å². The summed E-state index contributed by atoms with van der Waals surface area (Å²) >= 11 is 0. The van der Waals surface area contributed by atoms with Crippen molar-refractivity contribution >= 4 is 5.97 Å². The van der Waals surface area contributed by atoms with Crippen molar-refractivity contribution in [3.8, 4) is 0 Å². The van der Waals surface area contributed by atoms with Crippen molar-refractivity contribution in [3.63, 3.8) is 0 Å². The molecule has 0 aromatic carbocycles. The van der Waals surface area contributed by atoms with Gasteiger partial charge in [0.05, 0.1) is 6.61 Å². The molecule has 2 rings (SSSR count). The van der Waals surface area contributed by atoms with E-state index in [0.717, 1.165) is 24.8 Å². The first-order valence-corrected chi connectivity index (χ1v) is 6.78. The molecule has 2 N–H and O–H groups in total. The van der Waals surface area contributed by atoms with Crippen LogP contribution >= 0.6 is 0 Å². The lowest BCUT2D eigenvalue weighted by Crippen LogP contribution is -2.35. The van der Waals surface area contributed by atoms with Crippen LogP contribution in [0.25, 0.3) is 0 Å². The summed E-state index contributed by atoms with van der Waals surface area (Å²) in [4.78, 5) is 11.3. The molecule has 0 bridgehead atoms. The molecule has 2 aliphatic rings. The number of hydrogen-bond acceptors (Lipinski definition) is 2. The third-order valence-electron chi connectivity index (χ3n) is 4.48. The Hall–Kier alpha value is -1.09. The quantitative estimate of drug-likeness (QED) is 0.757. The maximum Gasteiger partial charge on any atom is 0.331 e. The van der Waals surface area contributed by atoms with Gasteiger partial charge in [-0.15, -0.1) is 0 Å². The molecular formula is C15H22O3. The zero-order valence-corrected chi connectivity index (χ0v) is 11.1. The number of hydrogen-bond donors (Lipinski definition) is 2. The smallest absolute Gasteiger partial charge is 0.331 e. The van der Waals surface area contributed by atoms with Gasteiger partial charge in [-0.3, -0.25) is 0 Å². The van der Waals surface area contributed by atoms with Crippen LogP contribution in [0.15, 0.2) is 23.3 Å². The Morgan fingerprint density at radius 1 is 1.50 bits per heavy atom. The first-order chi connectivity index (χ1) is 8.54. The number of aliphatic hydroxyl groups is 1. The van der Waals surface area contributed by atoms with Gasteiger partial charge in [-0.1, -0.05) is 26.0 Å². The normalized spacial score (nSPS) is 31.7. The maximum absolute atomic E-state index is 11.3. The molecule has 3 atom stereocenters. The fourth-order valence-corrected chi connectivity index (χ4v) is 3.46. The van der Waals surface area contributed by atoms with Crippen molar-refractivity contribution in [2.75, 3.05) is 6.61 Å². The molecule has 2 aliphatic carbocycles. The van der Waals surface area contributed by atoms with Gasteiger partial charge in [-0.05, 0) is 48.5 Å². The summed E-state index contributed by atoms with van der Waals surface area (Å²) < 4.78 is 0. The third kappa shape index (κ3) is 2.37. The van der Waals surface area contributed by atoms with Crippen LogP contribution in [0.2, 0.25) is 0 Å². The minimum Gasteiger partial charge on any atom is -0.478 e. The Morgan fingerprint density at radius 2 is 2.22 bits per heavy atom. The summed E-state index contributed by atoms with van der Waals surface area (Å²) in [5.41, 5.74) is 1.67. The minimum atomic E-state index is -0.770. The second-order valence-corrected chi connectivity index (χ2v) is 5.81. The largest absolute Gasteiger partial charge is 0.478 e. The van der Waals surface area contributed by atoms with Gasteiger partial charge in [0.15, 0.2) is 0 Å². The molecule has 0 aliphatic heterocycles. The second-order valence-electron chi connectivity index (χ2n) is 5.81. The molecule has 3 nitrogen and oxygen atoms in total. The number of carboxylic acid groups (broad SMARTS) is 1. The summed E-state index contributed by atoms with van der Waals surface area (Å²) in [7, 11) is 0. The molecule has 18 heavy (non-hydrogen) atoms. The van der Waals surface area contributed by atoms with E-state index in [2.05, 4.69) is 19.9 Å². The molecule has 3 unspecified atom stereocenters. The highest BCUT2D eigenvalue weighted by Gasteiger charge is 2.39. The summed E-state index contributed by atoms with van der Waals surface area (Å²) in [5.74, 6) is 0.697. The summed E-state index contributed by atoms with van der Waals surface area (Å²) in [6.07, 6.45) is 6.60. The highest BCUT2D eigenvalue weighted by Crippen LogP contribution is 2.45. The van der Waals surface area contributed by atoms with E-state index in [1.807, 2.05) is 6.08 Å². The lowest BCUT2D eigenvalue weighted by molar-refractivity contribution is -0.133. The van der Waals surface area contributed by atoms with Crippen molar-refractivity contribution in [1.29, 1.82) is 0 Å². The number of aliphatic carboxylic acids is 1. The Bertz CT molecular complexity index is 393. The van der Waals surface area contributed by atoms with Crippen molar-refractivity contribution in [3.05, 3.63) is 23.3 Å². The highest BCUT2D eigenvalue weighted by atomic mass is 16.4. The van der Waals surface area contributed by atoms with Crippen LogP contribution in [0.4, 0.5) is 0 Å². The molecular weight excluding hydrogens is 228 g/mol. The van der Waals surface area contributed by atoms with Crippen LogP contribution in [0, 0.1) is 23.7 Å². The average Bonchev–Trinajstić information content (AvgIpc) is 2.36. The van der Waals surface area contributed by atoms with Crippen LogP contribution in [0.5, 0.6) is 0 Å². The molecule has 0 fully saturated rings. The average molecular weight is 250 g/mol. The van der Waals surface area contributed by atoms with Gasteiger partial charge in [0.2, 0.25) is 0 Å². The molecule has 100 valence electrons. The van der Waals surface area contributed by atoms with Gasteiger partial charge in [0.1, 0.15) is 0 Å². The Labute approximate surface area is 108 Å². The van der Waals surface area contributed by atoms with E-state index in [-0.39, 0.29) is 18.4 Å². The van der Waals surface area contributed by atoms with Crippen LogP contribution < -0.4 is 0 Å². The van der Waals surface area contributed by atoms with E-state index < -0.39 is 5.97 Å². The first kappa shape index (κ1) is 13.3. The zero-order valence-electron chi connectivity index (χ0n) is 11.1. The number of allylic oxidation sites excluding steroid dienone is 2. The van der Waals surface area contributed by atoms with E-state index >= 15 is 0 Å². The van der Waals surface area contributed by atoms with Gasteiger partial charge >= 0.3 is 5.97 Å². The van der Waals surface area contributed by atoms with E-state index in [9.17, 15) is 15.0 Å². The number of carbonyl (C=O) groups is 1. The monoisotopic (exact) mass is 250 g/mol. The fraction of sp³-hybridized carbons (Fsp3) is 0.667. The number of fused-ring (bicyclic) bond motifs is 1. The van der Waals surface area contributed by atoms with Crippen molar-refractivity contribution in [2.45, 2.75) is 33.1 Å². The third-order valence-corrected chi connectivity index (χ3v) is 4.48. The first-order valence-electron chi connectivity index (χ1n) is 6.78. The fourth-order valence-electron chi connectivity index (χ4n) is 3.46. The van der Waals surface area contributed by atoms with Crippen LogP contribution in [0.3, 0.4) is 0 Å². The molecule has 0 saturated heterocycles. The second kappa shape index (κ2) is 5.27. The van der Waals surface area contributed by atoms with Crippen LogP contribution in [-0.4, -0.2) is 22.8 Å². The van der Waals surface area contributed by atoms with Gasteiger partial charge < -0.3 is 10.2 Å². The molecule has 0 heterocycles. The number of aliphatic hydroxyl groups excluding tert-OH is 1. The Morgan fingerprint density at radius 3 is 2.78 bits per heavy atom. The van der Waals surface area contributed by atoms with E-state index in [1.165, 1.54) is 0 Å². The Kier molecular flexibility index (Phi) is 3.91. The lowest BCUT2D eigenvalue weighted by atomic mass is 9.64. The molecule has 0 radical (unpaired) electrons. The van der Waals surface area contributed by atoms with Crippen molar-refractivity contribution in [1.82, 2.24) is 0 Å². The molecule has 0 aromatic heterocycles. The van der Waals surface area contributed by atoms with Crippen molar-refractivity contribution < 1.29 is 15.0 Å². The molecule has 0 aromatic rings. The van der Waals surface area contributed by atoms with E-state index in [0.29, 0.717) is 17.4 Å². The summed E-state index contributed by atoms with van der Waals surface area (Å²) in [5, 5.41) is 18.6. The van der Waals surface area contributed by atoms with Gasteiger partial charge in [0, 0.05) is 5.57 Å².